The van der Waals surface area contributed by atoms with E-state index in [1.54, 1.807) is 17.0 Å². The van der Waals surface area contributed by atoms with Crippen LogP contribution < -0.4 is 4.74 Å². The topological polar surface area (TPSA) is 66.8 Å². The lowest BCUT2D eigenvalue weighted by atomic mass is 9.91. The molecule has 0 radical (unpaired) electrons. The van der Waals surface area contributed by atoms with Gasteiger partial charge in [-0.25, -0.2) is 0 Å². The van der Waals surface area contributed by atoms with E-state index in [-0.39, 0.29) is 22.6 Å². The standard InChI is InChI=1S/C26H24ClNO4/c1-4-12-28-22(18-11-7-9-16-8-5-6-10-17(16)18)21(24(30)26(28)31)23(29)19-13-15(2)14-20(27)25(19)32-3/h5-11,13-14,22,29H,4,12H2,1-3H3/b23-21+. The Morgan fingerprint density at radius 1 is 1.12 bits per heavy atom. The number of aliphatic hydroxyl groups is 1. The van der Waals surface area contributed by atoms with E-state index >= 15 is 0 Å². The predicted octanol–water partition coefficient (Wildman–Crippen LogP) is 5.64. The Hall–Kier alpha value is -3.31. The van der Waals surface area contributed by atoms with Gasteiger partial charge in [0.2, 0.25) is 0 Å². The van der Waals surface area contributed by atoms with E-state index in [1.807, 2.05) is 56.3 Å². The highest BCUT2D eigenvalue weighted by Gasteiger charge is 2.46. The number of aliphatic hydroxyl groups excluding tert-OH is 1. The van der Waals surface area contributed by atoms with Gasteiger partial charge in [-0.1, -0.05) is 61.0 Å². The molecule has 0 bridgehead atoms. The van der Waals surface area contributed by atoms with Crippen LogP contribution >= 0.6 is 11.6 Å². The number of aryl methyl sites for hydroxylation is 1. The molecule has 4 rings (SSSR count). The van der Waals surface area contributed by atoms with Crippen molar-refractivity contribution in [3.8, 4) is 5.75 Å². The molecule has 3 aromatic rings. The number of Topliss-reactive ketones (excluding diaryl/α,β-unsaturated/α-hetero) is 1. The van der Waals surface area contributed by atoms with Crippen LogP contribution in [0.25, 0.3) is 16.5 Å². The number of rotatable bonds is 5. The molecule has 1 N–H and O–H groups in total. The Bertz CT molecular complexity index is 1260. The summed E-state index contributed by atoms with van der Waals surface area (Å²) < 4.78 is 5.42. The van der Waals surface area contributed by atoms with Crippen LogP contribution in [-0.2, 0) is 9.59 Å². The smallest absolute Gasteiger partial charge is 0.295 e. The van der Waals surface area contributed by atoms with Crippen molar-refractivity contribution in [2.75, 3.05) is 13.7 Å². The number of benzene rings is 3. The molecule has 0 saturated carbocycles. The minimum atomic E-state index is -0.718. The third kappa shape index (κ3) is 3.53. The van der Waals surface area contributed by atoms with Crippen molar-refractivity contribution in [2.45, 2.75) is 26.3 Å². The SMILES string of the molecule is CCCN1C(=O)C(=O)/C(=C(/O)c2cc(C)cc(Cl)c2OC)C1c1cccc2ccccc12. The van der Waals surface area contributed by atoms with Crippen molar-refractivity contribution in [3.05, 3.63) is 81.9 Å². The molecule has 1 amide bonds. The van der Waals surface area contributed by atoms with Gasteiger partial charge in [0.05, 0.1) is 29.3 Å². The average molecular weight is 450 g/mol. The minimum Gasteiger partial charge on any atom is -0.507 e. The molecule has 1 aliphatic rings. The van der Waals surface area contributed by atoms with Crippen molar-refractivity contribution in [3.63, 3.8) is 0 Å². The zero-order valence-corrected chi connectivity index (χ0v) is 18.9. The molecule has 6 heteroatoms. The molecule has 5 nitrogen and oxygen atoms in total. The maximum atomic E-state index is 13.2. The summed E-state index contributed by atoms with van der Waals surface area (Å²) in [6, 6.07) is 16.3. The number of likely N-dealkylation sites (tertiary alicyclic amines) is 1. The van der Waals surface area contributed by atoms with Crippen LogP contribution in [0.15, 0.2) is 60.2 Å². The fraction of sp³-hybridized carbons (Fsp3) is 0.231. The molecule has 0 aliphatic carbocycles. The van der Waals surface area contributed by atoms with Gasteiger partial charge in [-0.15, -0.1) is 0 Å². The van der Waals surface area contributed by atoms with Crippen molar-refractivity contribution in [1.29, 1.82) is 0 Å². The summed E-state index contributed by atoms with van der Waals surface area (Å²) in [5.74, 6) is -1.37. The van der Waals surface area contributed by atoms with Gasteiger partial charge in [-0.05, 0) is 47.4 Å². The minimum absolute atomic E-state index is 0.0415. The molecule has 1 saturated heterocycles. The summed E-state index contributed by atoms with van der Waals surface area (Å²) >= 11 is 6.34. The largest absolute Gasteiger partial charge is 0.507 e. The van der Waals surface area contributed by atoms with E-state index in [9.17, 15) is 14.7 Å². The van der Waals surface area contributed by atoms with E-state index < -0.39 is 17.7 Å². The number of halogens is 1. The number of carbonyl (C=O) groups excluding carboxylic acids is 2. The second-order valence-electron chi connectivity index (χ2n) is 7.89. The van der Waals surface area contributed by atoms with Gasteiger partial charge in [0.1, 0.15) is 11.5 Å². The van der Waals surface area contributed by atoms with Crippen LogP contribution in [0.4, 0.5) is 0 Å². The van der Waals surface area contributed by atoms with Crippen LogP contribution in [0.3, 0.4) is 0 Å². The normalized spacial score (nSPS) is 17.9. The number of hydrogen-bond donors (Lipinski definition) is 1. The Labute approximate surface area is 191 Å². The molecule has 1 aliphatic heterocycles. The van der Waals surface area contributed by atoms with Gasteiger partial charge in [-0.2, -0.15) is 0 Å². The number of carbonyl (C=O) groups is 2. The molecule has 1 heterocycles. The lowest BCUT2D eigenvalue weighted by Gasteiger charge is -2.26. The highest BCUT2D eigenvalue weighted by molar-refractivity contribution is 6.46. The molecule has 1 atom stereocenters. The summed E-state index contributed by atoms with van der Waals surface area (Å²) in [6.45, 7) is 4.17. The molecular weight excluding hydrogens is 426 g/mol. The Morgan fingerprint density at radius 2 is 1.84 bits per heavy atom. The Balaban J connectivity index is 2.03. The van der Waals surface area contributed by atoms with Gasteiger partial charge in [-0.3, -0.25) is 9.59 Å². The maximum absolute atomic E-state index is 13.2. The predicted molar refractivity (Wildman–Crippen MR) is 126 cm³/mol. The Kier molecular flexibility index (Phi) is 5.94. The highest BCUT2D eigenvalue weighted by atomic mass is 35.5. The first-order chi connectivity index (χ1) is 15.4. The lowest BCUT2D eigenvalue weighted by molar-refractivity contribution is -0.139. The van der Waals surface area contributed by atoms with Crippen molar-refractivity contribution < 1.29 is 19.4 Å². The monoisotopic (exact) mass is 449 g/mol. The zero-order valence-electron chi connectivity index (χ0n) is 18.2. The molecule has 32 heavy (non-hydrogen) atoms. The lowest BCUT2D eigenvalue weighted by Crippen LogP contribution is -2.30. The first-order valence-corrected chi connectivity index (χ1v) is 10.9. The number of ether oxygens (including phenoxy) is 1. The van der Waals surface area contributed by atoms with Crippen LogP contribution in [0.5, 0.6) is 5.75 Å². The molecular formula is C26H24ClNO4. The van der Waals surface area contributed by atoms with E-state index in [1.165, 1.54) is 7.11 Å². The molecule has 1 unspecified atom stereocenters. The van der Waals surface area contributed by atoms with Gasteiger partial charge >= 0.3 is 0 Å². The average Bonchev–Trinajstić information content (AvgIpc) is 3.03. The van der Waals surface area contributed by atoms with Gasteiger partial charge in [0.25, 0.3) is 11.7 Å². The van der Waals surface area contributed by atoms with E-state index in [2.05, 4.69) is 0 Å². The third-order valence-electron chi connectivity index (χ3n) is 5.77. The van der Waals surface area contributed by atoms with E-state index in [0.29, 0.717) is 18.0 Å². The van der Waals surface area contributed by atoms with Crippen molar-refractivity contribution in [1.82, 2.24) is 4.90 Å². The van der Waals surface area contributed by atoms with E-state index in [4.69, 9.17) is 16.3 Å². The fourth-order valence-corrected chi connectivity index (χ4v) is 4.77. The second-order valence-corrected chi connectivity index (χ2v) is 8.30. The third-order valence-corrected chi connectivity index (χ3v) is 6.05. The number of fused-ring (bicyclic) bond motifs is 1. The first-order valence-electron chi connectivity index (χ1n) is 10.5. The number of amides is 1. The van der Waals surface area contributed by atoms with Crippen LogP contribution in [0, 0.1) is 6.92 Å². The molecule has 3 aromatic carbocycles. The van der Waals surface area contributed by atoms with Crippen molar-refractivity contribution in [2.24, 2.45) is 0 Å². The number of nitrogens with zero attached hydrogens (tertiary/aromatic N) is 1. The molecule has 1 fully saturated rings. The van der Waals surface area contributed by atoms with Gasteiger partial charge in [0.15, 0.2) is 0 Å². The summed E-state index contributed by atoms with van der Waals surface area (Å²) in [5, 5.41) is 13.6. The Morgan fingerprint density at radius 3 is 2.56 bits per heavy atom. The van der Waals surface area contributed by atoms with E-state index in [0.717, 1.165) is 21.9 Å². The van der Waals surface area contributed by atoms with Crippen LogP contribution in [0.2, 0.25) is 5.02 Å². The summed E-state index contributed by atoms with van der Waals surface area (Å²) in [5.41, 5.74) is 1.91. The van der Waals surface area contributed by atoms with Crippen LogP contribution in [-0.4, -0.2) is 35.4 Å². The van der Waals surface area contributed by atoms with Gasteiger partial charge in [0, 0.05) is 6.54 Å². The first kappa shape index (κ1) is 21.9. The van der Waals surface area contributed by atoms with Crippen LogP contribution in [0.1, 0.15) is 36.1 Å². The molecule has 0 aromatic heterocycles. The fourth-order valence-electron chi connectivity index (χ4n) is 4.42. The van der Waals surface area contributed by atoms with Crippen molar-refractivity contribution >= 4 is 39.8 Å². The molecule has 0 spiro atoms. The maximum Gasteiger partial charge on any atom is 0.295 e. The number of ketones is 1. The summed E-state index contributed by atoms with van der Waals surface area (Å²) in [7, 11) is 1.45. The van der Waals surface area contributed by atoms with Gasteiger partial charge < -0.3 is 14.7 Å². The summed E-state index contributed by atoms with van der Waals surface area (Å²) in [4.78, 5) is 27.8. The quantitative estimate of drug-likeness (QED) is 0.311. The zero-order chi connectivity index (χ0) is 23.0. The number of hydrogen-bond acceptors (Lipinski definition) is 4. The number of methoxy groups -OCH3 is 1. The summed E-state index contributed by atoms with van der Waals surface area (Å²) in [6.07, 6.45) is 0.675. The molecule has 164 valence electrons. The second kappa shape index (κ2) is 8.67. The highest BCUT2D eigenvalue weighted by Crippen LogP contribution is 2.44.